The highest BCUT2D eigenvalue weighted by Gasteiger charge is 2.26. The lowest BCUT2D eigenvalue weighted by atomic mass is 10.2. The van der Waals surface area contributed by atoms with Crippen LogP contribution in [0, 0.1) is 0 Å². The van der Waals surface area contributed by atoms with Crippen LogP contribution in [0.4, 0.5) is 0 Å². The highest BCUT2D eigenvalue weighted by molar-refractivity contribution is 9.10. The Kier molecular flexibility index (Phi) is 8.80. The van der Waals surface area contributed by atoms with Crippen molar-refractivity contribution < 1.29 is 22.7 Å². The highest BCUT2D eigenvalue weighted by atomic mass is 79.9. The van der Waals surface area contributed by atoms with Gasteiger partial charge in [0.05, 0.1) is 31.9 Å². The molecule has 0 spiro atoms. The van der Waals surface area contributed by atoms with Crippen LogP contribution in [-0.2, 0) is 21.4 Å². The number of amides is 1. The van der Waals surface area contributed by atoms with Crippen LogP contribution in [0.15, 0.2) is 87.3 Å². The Labute approximate surface area is 207 Å². The van der Waals surface area contributed by atoms with Crippen molar-refractivity contribution in [3.8, 4) is 11.5 Å². The van der Waals surface area contributed by atoms with Crippen molar-refractivity contribution in [2.45, 2.75) is 11.4 Å². The minimum Gasteiger partial charge on any atom is -0.493 e. The number of sulfonamides is 1. The lowest BCUT2D eigenvalue weighted by molar-refractivity contribution is -0.121. The fraction of sp³-hybridized carbons (Fsp3) is 0.167. The smallest absolute Gasteiger partial charge is 0.255 e. The predicted molar refractivity (Wildman–Crippen MR) is 133 cm³/mol. The summed E-state index contributed by atoms with van der Waals surface area (Å²) in [4.78, 5) is 12.7. The molecule has 0 bridgehead atoms. The lowest BCUT2D eigenvalue weighted by Crippen LogP contribution is -2.39. The molecule has 0 aliphatic rings. The summed E-state index contributed by atoms with van der Waals surface area (Å²) in [6, 6.07) is 20.4. The lowest BCUT2D eigenvalue weighted by Gasteiger charge is -2.21. The minimum atomic E-state index is -3.92. The van der Waals surface area contributed by atoms with E-state index in [0.717, 1.165) is 14.3 Å². The maximum absolute atomic E-state index is 13.2. The molecule has 1 amide bonds. The molecule has 3 aromatic rings. The summed E-state index contributed by atoms with van der Waals surface area (Å²) in [6.07, 6.45) is 1.44. The summed E-state index contributed by atoms with van der Waals surface area (Å²) in [6.45, 7) is -0.381. The molecular weight excluding hydrogens is 522 g/mol. The Morgan fingerprint density at radius 3 is 2.32 bits per heavy atom. The van der Waals surface area contributed by atoms with Gasteiger partial charge in [-0.3, -0.25) is 4.79 Å². The van der Waals surface area contributed by atoms with Gasteiger partial charge in [-0.1, -0.05) is 46.3 Å². The fourth-order valence-corrected chi connectivity index (χ4v) is 4.74. The molecule has 0 radical (unpaired) electrons. The normalized spacial score (nSPS) is 11.5. The van der Waals surface area contributed by atoms with Gasteiger partial charge in [-0.25, -0.2) is 13.8 Å². The largest absolute Gasteiger partial charge is 0.493 e. The van der Waals surface area contributed by atoms with Gasteiger partial charge in [-0.05, 0) is 53.6 Å². The molecule has 1 N–H and O–H groups in total. The topological polar surface area (TPSA) is 97.3 Å². The van der Waals surface area contributed by atoms with Crippen LogP contribution in [0.25, 0.3) is 0 Å². The Hall–Kier alpha value is -3.21. The molecule has 0 atom stereocenters. The van der Waals surface area contributed by atoms with Crippen molar-refractivity contribution in [2.75, 3.05) is 20.8 Å². The standard InChI is InChI=1S/C24H24BrN3O5S/c1-32-22-13-10-19(14-23(22)33-2)15-26-27-24(29)17-28(16-18-8-11-20(25)12-9-18)34(30,31)21-6-4-3-5-7-21/h3-15H,16-17H2,1-2H3,(H,27,29)/b26-15-. The first kappa shape index (κ1) is 25.4. The van der Waals surface area contributed by atoms with Crippen molar-refractivity contribution >= 4 is 38.1 Å². The van der Waals surface area contributed by atoms with E-state index < -0.39 is 22.5 Å². The second-order valence-corrected chi connectivity index (χ2v) is 9.97. The number of carbonyl (C=O) groups excluding carboxylic acids is 1. The maximum atomic E-state index is 13.2. The van der Waals surface area contributed by atoms with E-state index in [1.807, 2.05) is 12.1 Å². The van der Waals surface area contributed by atoms with Crippen LogP contribution in [0.3, 0.4) is 0 Å². The Morgan fingerprint density at radius 2 is 1.68 bits per heavy atom. The van der Waals surface area contributed by atoms with Crippen molar-refractivity contribution in [3.63, 3.8) is 0 Å². The number of carbonyl (C=O) groups is 1. The van der Waals surface area contributed by atoms with Crippen LogP contribution >= 0.6 is 15.9 Å². The van der Waals surface area contributed by atoms with Gasteiger partial charge in [-0.15, -0.1) is 0 Å². The number of benzene rings is 3. The van der Waals surface area contributed by atoms with Gasteiger partial charge in [0.25, 0.3) is 5.91 Å². The molecule has 3 aromatic carbocycles. The zero-order valence-corrected chi connectivity index (χ0v) is 21.0. The van der Waals surface area contributed by atoms with Crippen LogP contribution < -0.4 is 14.9 Å². The average Bonchev–Trinajstić information content (AvgIpc) is 2.85. The number of nitrogens with one attached hydrogen (secondary N) is 1. The molecule has 0 unspecified atom stereocenters. The van der Waals surface area contributed by atoms with Gasteiger partial charge in [0, 0.05) is 11.0 Å². The third-order valence-corrected chi connectivity index (χ3v) is 7.12. The Balaban J connectivity index is 1.75. The molecule has 0 saturated carbocycles. The van der Waals surface area contributed by atoms with Crippen molar-refractivity contribution in [2.24, 2.45) is 5.10 Å². The average molecular weight is 546 g/mol. The molecule has 0 heterocycles. The summed E-state index contributed by atoms with van der Waals surface area (Å²) in [5.74, 6) is 0.513. The van der Waals surface area contributed by atoms with E-state index in [4.69, 9.17) is 9.47 Å². The molecule has 0 fully saturated rings. The summed E-state index contributed by atoms with van der Waals surface area (Å²) < 4.78 is 38.9. The maximum Gasteiger partial charge on any atom is 0.255 e. The summed E-state index contributed by atoms with van der Waals surface area (Å²) in [5.41, 5.74) is 3.80. The molecule has 8 nitrogen and oxygen atoms in total. The number of rotatable bonds is 10. The molecular formula is C24H24BrN3O5S. The van der Waals surface area contributed by atoms with E-state index in [-0.39, 0.29) is 11.4 Å². The van der Waals surface area contributed by atoms with Crippen LogP contribution in [0.5, 0.6) is 11.5 Å². The van der Waals surface area contributed by atoms with E-state index in [0.29, 0.717) is 17.1 Å². The number of hydrogen-bond donors (Lipinski definition) is 1. The first-order chi connectivity index (χ1) is 16.3. The first-order valence-electron chi connectivity index (χ1n) is 10.2. The number of hydrazone groups is 1. The van der Waals surface area contributed by atoms with Crippen molar-refractivity contribution in [1.29, 1.82) is 0 Å². The zero-order valence-electron chi connectivity index (χ0n) is 18.6. The monoisotopic (exact) mass is 545 g/mol. The summed E-state index contributed by atoms with van der Waals surface area (Å²) >= 11 is 3.37. The van der Waals surface area contributed by atoms with Gasteiger partial charge in [0.2, 0.25) is 10.0 Å². The molecule has 34 heavy (non-hydrogen) atoms. The van der Waals surface area contributed by atoms with Crippen LogP contribution in [0.2, 0.25) is 0 Å². The molecule has 0 aliphatic heterocycles. The second kappa shape index (κ2) is 11.8. The Morgan fingerprint density at radius 1 is 1.00 bits per heavy atom. The van der Waals surface area contributed by atoms with Gasteiger partial charge in [-0.2, -0.15) is 9.41 Å². The van der Waals surface area contributed by atoms with Crippen molar-refractivity contribution in [1.82, 2.24) is 9.73 Å². The zero-order chi connectivity index (χ0) is 24.6. The van der Waals surface area contributed by atoms with Gasteiger partial charge in [0.15, 0.2) is 11.5 Å². The minimum absolute atomic E-state index is 0.0251. The van der Waals surface area contributed by atoms with Crippen molar-refractivity contribution in [3.05, 3.63) is 88.4 Å². The number of halogens is 1. The van der Waals surface area contributed by atoms with Gasteiger partial charge in [0.1, 0.15) is 0 Å². The number of hydrogen-bond acceptors (Lipinski definition) is 6. The SMILES string of the molecule is COc1ccc(/C=N\NC(=O)CN(Cc2ccc(Br)cc2)S(=O)(=O)c2ccccc2)cc1OC. The number of ether oxygens (including phenoxy) is 2. The summed E-state index contributed by atoms with van der Waals surface area (Å²) in [5, 5.41) is 3.95. The number of nitrogens with zero attached hydrogens (tertiary/aromatic N) is 2. The third kappa shape index (κ3) is 6.66. The second-order valence-electron chi connectivity index (χ2n) is 7.12. The summed E-state index contributed by atoms with van der Waals surface area (Å²) in [7, 11) is -0.861. The van der Waals surface area contributed by atoms with Crippen LogP contribution in [-0.4, -0.2) is 45.6 Å². The van der Waals surface area contributed by atoms with E-state index in [9.17, 15) is 13.2 Å². The van der Waals surface area contributed by atoms with Crippen LogP contribution in [0.1, 0.15) is 11.1 Å². The Bertz CT molecular complexity index is 1250. The van der Waals surface area contributed by atoms with E-state index in [1.54, 1.807) is 48.5 Å². The molecule has 3 rings (SSSR count). The van der Waals surface area contributed by atoms with E-state index in [1.165, 1.54) is 32.6 Å². The third-order valence-electron chi connectivity index (χ3n) is 4.78. The first-order valence-corrected chi connectivity index (χ1v) is 12.4. The number of methoxy groups -OCH3 is 2. The van der Waals surface area contributed by atoms with Gasteiger partial charge >= 0.3 is 0 Å². The predicted octanol–water partition coefficient (Wildman–Crippen LogP) is 3.81. The fourth-order valence-electron chi connectivity index (χ4n) is 3.07. The molecule has 10 heteroatoms. The van der Waals surface area contributed by atoms with Gasteiger partial charge < -0.3 is 9.47 Å². The molecule has 0 saturated heterocycles. The highest BCUT2D eigenvalue weighted by Crippen LogP contribution is 2.26. The quantitative estimate of drug-likeness (QED) is 0.308. The molecule has 178 valence electrons. The molecule has 0 aliphatic carbocycles. The van der Waals surface area contributed by atoms with E-state index in [2.05, 4.69) is 26.5 Å². The molecule has 0 aromatic heterocycles. The van der Waals surface area contributed by atoms with E-state index >= 15 is 0 Å².